The van der Waals surface area contributed by atoms with E-state index >= 15 is 0 Å². The highest BCUT2D eigenvalue weighted by Crippen LogP contribution is 2.14. The Morgan fingerprint density at radius 2 is 2.27 bits per heavy atom. The summed E-state index contributed by atoms with van der Waals surface area (Å²) in [5, 5.41) is 3.71. The van der Waals surface area contributed by atoms with Gasteiger partial charge in [-0.1, -0.05) is 41.9 Å². The van der Waals surface area contributed by atoms with Crippen LogP contribution in [0.3, 0.4) is 0 Å². The van der Waals surface area contributed by atoms with Crippen LogP contribution in [0.5, 0.6) is 0 Å². The van der Waals surface area contributed by atoms with Crippen molar-refractivity contribution < 1.29 is 4.79 Å². The minimum Gasteiger partial charge on any atom is -0.326 e. The van der Waals surface area contributed by atoms with Crippen LogP contribution in [0.2, 0.25) is 0 Å². The lowest BCUT2D eigenvalue weighted by Gasteiger charge is -2.10. The Hall–Kier alpha value is -0.830. The standard InChI is InChI=1S/C12H16BrNO/c1-3-9(2)12(15)14-11-6-4-5-10(7-11)8-13/h4-7,9H,3,8H2,1-2H3,(H,14,15). The molecule has 1 rings (SSSR count). The number of hydrogen-bond acceptors (Lipinski definition) is 1. The van der Waals surface area contributed by atoms with Gasteiger partial charge in [-0.15, -0.1) is 0 Å². The van der Waals surface area contributed by atoms with E-state index in [4.69, 9.17) is 0 Å². The summed E-state index contributed by atoms with van der Waals surface area (Å²) < 4.78 is 0. The Labute approximate surface area is 99.2 Å². The van der Waals surface area contributed by atoms with Crippen LogP contribution in [0.25, 0.3) is 0 Å². The van der Waals surface area contributed by atoms with E-state index in [-0.39, 0.29) is 11.8 Å². The Bertz CT molecular complexity index is 338. The van der Waals surface area contributed by atoms with Crippen molar-refractivity contribution in [2.24, 2.45) is 5.92 Å². The zero-order valence-electron chi connectivity index (χ0n) is 9.09. The van der Waals surface area contributed by atoms with Crippen LogP contribution >= 0.6 is 15.9 Å². The molecule has 0 aliphatic heterocycles. The van der Waals surface area contributed by atoms with Crippen molar-refractivity contribution in [1.29, 1.82) is 0 Å². The van der Waals surface area contributed by atoms with E-state index in [2.05, 4.69) is 21.2 Å². The lowest BCUT2D eigenvalue weighted by molar-refractivity contribution is -0.119. The fourth-order valence-electron chi connectivity index (χ4n) is 1.18. The first-order valence-electron chi connectivity index (χ1n) is 5.13. The SMILES string of the molecule is CCC(C)C(=O)Nc1cccc(CBr)c1. The van der Waals surface area contributed by atoms with E-state index in [1.165, 1.54) is 0 Å². The highest BCUT2D eigenvalue weighted by molar-refractivity contribution is 9.08. The molecule has 15 heavy (non-hydrogen) atoms. The number of benzene rings is 1. The van der Waals surface area contributed by atoms with Crippen molar-refractivity contribution in [2.45, 2.75) is 25.6 Å². The van der Waals surface area contributed by atoms with Crippen molar-refractivity contribution >= 4 is 27.5 Å². The number of halogens is 1. The number of carbonyl (C=O) groups is 1. The maximum absolute atomic E-state index is 11.6. The number of nitrogens with one attached hydrogen (secondary N) is 1. The van der Waals surface area contributed by atoms with E-state index in [1.807, 2.05) is 38.1 Å². The van der Waals surface area contributed by atoms with Crippen molar-refractivity contribution in [3.63, 3.8) is 0 Å². The molecule has 0 bridgehead atoms. The average molecular weight is 270 g/mol. The largest absolute Gasteiger partial charge is 0.326 e. The number of rotatable bonds is 4. The molecule has 0 fully saturated rings. The topological polar surface area (TPSA) is 29.1 Å². The van der Waals surface area contributed by atoms with Gasteiger partial charge in [0, 0.05) is 16.9 Å². The molecule has 1 atom stereocenters. The molecule has 0 spiro atoms. The summed E-state index contributed by atoms with van der Waals surface area (Å²) in [7, 11) is 0. The van der Waals surface area contributed by atoms with Crippen LogP contribution in [0, 0.1) is 5.92 Å². The van der Waals surface area contributed by atoms with E-state index in [0.29, 0.717) is 0 Å². The highest BCUT2D eigenvalue weighted by Gasteiger charge is 2.10. The quantitative estimate of drug-likeness (QED) is 0.833. The number of amides is 1. The summed E-state index contributed by atoms with van der Waals surface area (Å²) >= 11 is 3.39. The van der Waals surface area contributed by atoms with Gasteiger partial charge >= 0.3 is 0 Å². The molecule has 3 heteroatoms. The number of anilines is 1. The van der Waals surface area contributed by atoms with Crippen molar-refractivity contribution in [1.82, 2.24) is 0 Å². The zero-order valence-corrected chi connectivity index (χ0v) is 10.7. The molecule has 82 valence electrons. The molecule has 1 aromatic carbocycles. The fourth-order valence-corrected chi connectivity index (χ4v) is 1.53. The molecule has 0 radical (unpaired) electrons. The summed E-state index contributed by atoms with van der Waals surface area (Å²) in [5.74, 6) is 0.154. The summed E-state index contributed by atoms with van der Waals surface area (Å²) in [6.45, 7) is 3.95. The first kappa shape index (κ1) is 12.2. The monoisotopic (exact) mass is 269 g/mol. The second kappa shape index (κ2) is 5.91. The molecule has 0 saturated heterocycles. The Kier molecular flexibility index (Phi) is 4.82. The van der Waals surface area contributed by atoms with Gasteiger partial charge in [0.15, 0.2) is 0 Å². The van der Waals surface area contributed by atoms with Gasteiger partial charge in [-0.2, -0.15) is 0 Å². The fraction of sp³-hybridized carbons (Fsp3) is 0.417. The predicted molar refractivity (Wildman–Crippen MR) is 67.2 cm³/mol. The van der Waals surface area contributed by atoms with Gasteiger partial charge in [-0.05, 0) is 24.1 Å². The van der Waals surface area contributed by atoms with Crippen LogP contribution in [0.4, 0.5) is 5.69 Å². The van der Waals surface area contributed by atoms with Gasteiger partial charge in [0.05, 0.1) is 0 Å². The first-order chi connectivity index (χ1) is 7.17. The number of alkyl halides is 1. The molecule has 1 aromatic rings. The normalized spacial score (nSPS) is 12.2. The van der Waals surface area contributed by atoms with Crippen molar-refractivity contribution in [3.8, 4) is 0 Å². The number of carbonyl (C=O) groups excluding carboxylic acids is 1. The second-order valence-electron chi connectivity index (χ2n) is 3.63. The number of hydrogen-bond donors (Lipinski definition) is 1. The predicted octanol–water partition coefficient (Wildman–Crippen LogP) is 3.57. The maximum Gasteiger partial charge on any atom is 0.227 e. The van der Waals surface area contributed by atoms with Crippen molar-refractivity contribution in [2.75, 3.05) is 5.32 Å². The Morgan fingerprint density at radius 1 is 1.53 bits per heavy atom. The van der Waals surface area contributed by atoms with Crippen molar-refractivity contribution in [3.05, 3.63) is 29.8 Å². The third-order valence-electron chi connectivity index (χ3n) is 2.41. The lowest BCUT2D eigenvalue weighted by atomic mass is 10.1. The third-order valence-corrected chi connectivity index (χ3v) is 3.06. The Morgan fingerprint density at radius 3 is 2.87 bits per heavy atom. The summed E-state index contributed by atoms with van der Waals surface area (Å²) in [5.41, 5.74) is 2.04. The molecule has 0 aliphatic carbocycles. The van der Waals surface area contributed by atoms with E-state index < -0.39 is 0 Å². The highest BCUT2D eigenvalue weighted by atomic mass is 79.9. The van der Waals surface area contributed by atoms with Crippen LogP contribution in [0.1, 0.15) is 25.8 Å². The minimum absolute atomic E-state index is 0.0672. The summed E-state index contributed by atoms with van der Waals surface area (Å²) in [6, 6.07) is 7.86. The minimum atomic E-state index is 0.0672. The molecule has 0 saturated carbocycles. The average Bonchev–Trinajstić information content (AvgIpc) is 2.28. The smallest absolute Gasteiger partial charge is 0.227 e. The molecule has 1 unspecified atom stereocenters. The molecular weight excluding hydrogens is 254 g/mol. The van der Waals surface area contributed by atoms with Gasteiger partial charge < -0.3 is 5.32 Å². The molecule has 0 aromatic heterocycles. The molecule has 1 N–H and O–H groups in total. The van der Waals surface area contributed by atoms with Gasteiger partial charge in [0.1, 0.15) is 0 Å². The molecule has 0 aliphatic rings. The van der Waals surface area contributed by atoms with Crippen LogP contribution in [-0.4, -0.2) is 5.91 Å². The maximum atomic E-state index is 11.6. The van der Waals surface area contributed by atoms with Gasteiger partial charge in [0.2, 0.25) is 5.91 Å². The Balaban J connectivity index is 2.68. The lowest BCUT2D eigenvalue weighted by Crippen LogP contribution is -2.19. The van der Waals surface area contributed by atoms with E-state index in [0.717, 1.165) is 23.0 Å². The molecular formula is C12H16BrNO. The zero-order chi connectivity index (χ0) is 11.3. The second-order valence-corrected chi connectivity index (χ2v) is 4.19. The molecule has 1 amide bonds. The van der Waals surface area contributed by atoms with Crippen LogP contribution in [-0.2, 0) is 10.1 Å². The van der Waals surface area contributed by atoms with Gasteiger partial charge in [-0.3, -0.25) is 4.79 Å². The van der Waals surface area contributed by atoms with Crippen LogP contribution in [0.15, 0.2) is 24.3 Å². The first-order valence-corrected chi connectivity index (χ1v) is 6.25. The summed E-state index contributed by atoms with van der Waals surface area (Å²) in [6.07, 6.45) is 0.865. The summed E-state index contributed by atoms with van der Waals surface area (Å²) in [4.78, 5) is 11.6. The third kappa shape index (κ3) is 3.67. The van der Waals surface area contributed by atoms with E-state index in [1.54, 1.807) is 0 Å². The molecule has 2 nitrogen and oxygen atoms in total. The van der Waals surface area contributed by atoms with Crippen LogP contribution < -0.4 is 5.32 Å². The van der Waals surface area contributed by atoms with Gasteiger partial charge in [0.25, 0.3) is 0 Å². The molecule has 0 heterocycles. The van der Waals surface area contributed by atoms with E-state index in [9.17, 15) is 4.79 Å². The van der Waals surface area contributed by atoms with Gasteiger partial charge in [-0.25, -0.2) is 0 Å².